The van der Waals surface area contributed by atoms with E-state index in [-0.39, 0.29) is 30.0 Å². The monoisotopic (exact) mass is 397 g/mol. The Labute approximate surface area is 167 Å². The average molecular weight is 397 g/mol. The Balaban J connectivity index is 1.78. The molecular weight excluding hydrogens is 374 g/mol. The first-order valence-corrected chi connectivity index (χ1v) is 9.61. The van der Waals surface area contributed by atoms with E-state index in [0.717, 1.165) is 17.4 Å². The summed E-state index contributed by atoms with van der Waals surface area (Å²) in [6, 6.07) is 3.60. The zero-order valence-electron chi connectivity index (χ0n) is 16.3. The molecule has 3 aromatic rings. The lowest BCUT2D eigenvalue weighted by atomic mass is 10.2. The van der Waals surface area contributed by atoms with Crippen LogP contribution >= 0.6 is 0 Å². The molecule has 29 heavy (non-hydrogen) atoms. The Kier molecular flexibility index (Phi) is 4.96. The molecule has 152 valence electrons. The van der Waals surface area contributed by atoms with Crippen molar-refractivity contribution in [1.29, 1.82) is 0 Å². The fourth-order valence-electron chi connectivity index (χ4n) is 3.17. The molecule has 0 saturated heterocycles. The molecule has 0 bridgehead atoms. The van der Waals surface area contributed by atoms with Crippen molar-refractivity contribution in [3.05, 3.63) is 52.2 Å². The van der Waals surface area contributed by atoms with Gasteiger partial charge in [0.05, 0.1) is 18.0 Å². The highest BCUT2D eigenvalue weighted by Gasteiger charge is 2.30. The number of ether oxygens (including phenoxy) is 1. The highest BCUT2D eigenvalue weighted by Crippen LogP contribution is 2.24. The molecule has 3 heterocycles. The zero-order valence-corrected chi connectivity index (χ0v) is 16.3. The van der Waals surface area contributed by atoms with Gasteiger partial charge in [0.2, 0.25) is 5.88 Å². The first-order chi connectivity index (χ1) is 14.0. The summed E-state index contributed by atoms with van der Waals surface area (Å²) >= 11 is 0. The molecule has 4 rings (SSSR count). The Morgan fingerprint density at radius 2 is 2.17 bits per heavy atom. The first-order valence-electron chi connectivity index (χ1n) is 9.61. The predicted octanol–water partition coefficient (Wildman–Crippen LogP) is 1.72. The normalized spacial score (nSPS) is 13.8. The Morgan fingerprint density at radius 3 is 2.83 bits per heavy atom. The summed E-state index contributed by atoms with van der Waals surface area (Å²) in [5.41, 5.74) is 0.0975. The van der Waals surface area contributed by atoms with Crippen molar-refractivity contribution in [2.24, 2.45) is 5.92 Å². The molecule has 0 atom stereocenters. The first kappa shape index (κ1) is 19.0. The van der Waals surface area contributed by atoms with Crippen LogP contribution in [0.2, 0.25) is 0 Å². The van der Waals surface area contributed by atoms with Crippen molar-refractivity contribution < 1.29 is 14.6 Å². The molecule has 2 N–H and O–H groups in total. The van der Waals surface area contributed by atoms with Crippen LogP contribution in [0.1, 0.15) is 42.6 Å². The molecule has 9 heteroatoms. The number of hydrogen-bond donors (Lipinski definition) is 2. The van der Waals surface area contributed by atoms with Gasteiger partial charge in [0, 0.05) is 18.8 Å². The van der Waals surface area contributed by atoms with Crippen molar-refractivity contribution in [1.82, 2.24) is 24.5 Å². The van der Waals surface area contributed by atoms with Gasteiger partial charge in [0.25, 0.3) is 11.5 Å². The number of carbonyl (C=O) groups excluding carboxylic acids is 1. The van der Waals surface area contributed by atoms with Gasteiger partial charge in [-0.15, -0.1) is 0 Å². The van der Waals surface area contributed by atoms with Gasteiger partial charge in [0.15, 0.2) is 5.56 Å². The topological polar surface area (TPSA) is 111 Å². The maximum atomic E-state index is 12.9. The quantitative estimate of drug-likeness (QED) is 0.628. The lowest BCUT2D eigenvalue weighted by molar-refractivity contribution is 0.0944. The van der Waals surface area contributed by atoms with E-state index >= 15 is 0 Å². The predicted molar refractivity (Wildman–Crippen MR) is 105 cm³/mol. The van der Waals surface area contributed by atoms with E-state index in [1.807, 2.05) is 13.8 Å². The van der Waals surface area contributed by atoms with Gasteiger partial charge < -0.3 is 15.2 Å². The lowest BCUT2D eigenvalue weighted by Crippen LogP contribution is -2.34. The maximum absolute atomic E-state index is 12.9. The molecular formula is C20H23N5O4. The summed E-state index contributed by atoms with van der Waals surface area (Å²) in [5.74, 6) is -0.182. The number of aromatic hydroxyl groups is 1. The molecule has 1 aliphatic carbocycles. The van der Waals surface area contributed by atoms with Gasteiger partial charge in [-0.25, -0.2) is 0 Å². The minimum atomic E-state index is -0.650. The number of amides is 1. The van der Waals surface area contributed by atoms with Gasteiger partial charge in [-0.05, 0) is 30.9 Å². The third-order valence-electron chi connectivity index (χ3n) is 4.67. The van der Waals surface area contributed by atoms with Gasteiger partial charge in [0.1, 0.15) is 18.0 Å². The summed E-state index contributed by atoms with van der Waals surface area (Å²) < 4.78 is 8.46. The van der Waals surface area contributed by atoms with Gasteiger partial charge in [-0.1, -0.05) is 13.8 Å². The third-order valence-corrected chi connectivity index (χ3v) is 4.67. The van der Waals surface area contributed by atoms with Crippen LogP contribution in [-0.4, -0.2) is 36.2 Å². The van der Waals surface area contributed by atoms with Crippen molar-refractivity contribution in [3.8, 4) is 11.6 Å². The highest BCUT2D eigenvalue weighted by atomic mass is 16.5. The average Bonchev–Trinajstić information content (AvgIpc) is 3.40. The second-order valence-electron chi connectivity index (χ2n) is 7.64. The van der Waals surface area contributed by atoms with Crippen LogP contribution in [-0.2, 0) is 13.2 Å². The summed E-state index contributed by atoms with van der Waals surface area (Å²) in [6.07, 6.45) is 6.52. The van der Waals surface area contributed by atoms with Crippen LogP contribution in [0.4, 0.5) is 0 Å². The van der Waals surface area contributed by atoms with E-state index in [1.165, 1.54) is 6.20 Å². The van der Waals surface area contributed by atoms with Crippen LogP contribution in [0.3, 0.4) is 0 Å². The van der Waals surface area contributed by atoms with Gasteiger partial charge in [-0.2, -0.15) is 9.61 Å². The SMILES string of the molecule is CC(C)Cn1c(O)c(C(=O)NC2CC2)c(=O)n2ncc(COc3cccnc3)c12. The van der Waals surface area contributed by atoms with Crippen molar-refractivity contribution in [3.63, 3.8) is 0 Å². The number of pyridine rings is 1. The molecule has 0 aliphatic heterocycles. The Morgan fingerprint density at radius 1 is 1.38 bits per heavy atom. The van der Waals surface area contributed by atoms with Crippen LogP contribution in [0.5, 0.6) is 11.6 Å². The smallest absolute Gasteiger partial charge is 0.291 e. The van der Waals surface area contributed by atoms with Crippen LogP contribution in [0.25, 0.3) is 5.65 Å². The van der Waals surface area contributed by atoms with E-state index in [2.05, 4.69) is 15.4 Å². The van der Waals surface area contributed by atoms with Crippen molar-refractivity contribution >= 4 is 11.6 Å². The number of hydrogen-bond acceptors (Lipinski definition) is 6. The minimum Gasteiger partial charge on any atom is -0.494 e. The Bertz CT molecular complexity index is 1100. The molecule has 3 aromatic heterocycles. The molecule has 1 saturated carbocycles. The zero-order chi connectivity index (χ0) is 20.5. The van der Waals surface area contributed by atoms with Crippen LogP contribution < -0.4 is 15.6 Å². The van der Waals surface area contributed by atoms with E-state index in [9.17, 15) is 14.7 Å². The fraction of sp³-hybridized carbons (Fsp3) is 0.400. The summed E-state index contributed by atoms with van der Waals surface area (Å²) in [5, 5.41) is 17.8. The molecule has 1 fully saturated rings. The standard InChI is InChI=1S/C20H23N5O4/c1-12(2)10-24-18-13(11-29-15-4-3-7-21-9-15)8-22-25(18)20(28)16(19(24)27)17(26)23-14-5-6-14/h3-4,7-9,12,14,27H,5-6,10-11H2,1-2H3,(H,23,26). The Hall–Kier alpha value is -3.36. The summed E-state index contributed by atoms with van der Waals surface area (Å²) in [4.78, 5) is 29.5. The van der Waals surface area contributed by atoms with Crippen LogP contribution in [0, 0.1) is 5.92 Å². The summed E-state index contributed by atoms with van der Waals surface area (Å²) in [7, 11) is 0. The number of nitrogens with zero attached hydrogens (tertiary/aromatic N) is 4. The largest absolute Gasteiger partial charge is 0.494 e. The second kappa shape index (κ2) is 7.57. The lowest BCUT2D eigenvalue weighted by Gasteiger charge is -2.17. The van der Waals surface area contributed by atoms with Gasteiger partial charge >= 0.3 is 0 Å². The van der Waals surface area contributed by atoms with Gasteiger partial charge in [-0.3, -0.25) is 19.1 Å². The number of fused-ring (bicyclic) bond motifs is 1. The van der Waals surface area contributed by atoms with E-state index in [4.69, 9.17) is 4.74 Å². The van der Waals surface area contributed by atoms with E-state index in [0.29, 0.717) is 23.5 Å². The van der Waals surface area contributed by atoms with E-state index in [1.54, 1.807) is 29.1 Å². The molecule has 9 nitrogen and oxygen atoms in total. The van der Waals surface area contributed by atoms with Crippen molar-refractivity contribution in [2.75, 3.05) is 0 Å². The highest BCUT2D eigenvalue weighted by molar-refractivity contribution is 5.96. The molecule has 0 unspecified atom stereocenters. The van der Waals surface area contributed by atoms with Crippen molar-refractivity contribution in [2.45, 2.75) is 45.9 Å². The van der Waals surface area contributed by atoms with Crippen LogP contribution in [0.15, 0.2) is 35.5 Å². The molecule has 0 spiro atoms. The number of rotatable bonds is 7. The summed E-state index contributed by atoms with van der Waals surface area (Å²) in [6.45, 7) is 4.52. The maximum Gasteiger partial charge on any atom is 0.291 e. The minimum absolute atomic E-state index is 0.0663. The molecule has 0 radical (unpaired) electrons. The number of nitrogens with one attached hydrogen (secondary N) is 1. The van der Waals surface area contributed by atoms with E-state index < -0.39 is 11.5 Å². The fourth-order valence-corrected chi connectivity index (χ4v) is 3.17. The number of carbonyl (C=O) groups is 1. The molecule has 1 aliphatic rings. The molecule has 1 amide bonds. The second-order valence-corrected chi connectivity index (χ2v) is 7.64. The number of aromatic nitrogens is 4. The molecule has 0 aromatic carbocycles. The third kappa shape index (κ3) is 3.80.